The van der Waals surface area contributed by atoms with Crippen LogP contribution >= 0.6 is 0 Å². The molecule has 1 unspecified atom stereocenters. The summed E-state index contributed by atoms with van der Waals surface area (Å²) in [6.07, 6.45) is 0.615. The average molecular weight is 224 g/mol. The first-order valence-corrected chi connectivity index (χ1v) is 5.96. The van der Waals surface area contributed by atoms with Crippen molar-refractivity contribution in [1.82, 2.24) is 15.1 Å². The van der Waals surface area contributed by atoms with Crippen molar-refractivity contribution in [1.29, 1.82) is 5.26 Å². The van der Waals surface area contributed by atoms with Crippen LogP contribution in [0, 0.1) is 11.3 Å². The van der Waals surface area contributed by atoms with E-state index in [4.69, 9.17) is 5.26 Å². The summed E-state index contributed by atoms with van der Waals surface area (Å²) in [4.78, 5) is 4.67. The molecule has 0 saturated carbocycles. The minimum atomic E-state index is 0.149. The zero-order valence-electron chi connectivity index (χ0n) is 11.0. The number of piperazine rings is 1. The van der Waals surface area contributed by atoms with Gasteiger partial charge in [0.1, 0.15) is 0 Å². The van der Waals surface area contributed by atoms with Crippen molar-refractivity contribution >= 4 is 0 Å². The van der Waals surface area contributed by atoms with Crippen LogP contribution in [0.5, 0.6) is 0 Å². The second kappa shape index (κ2) is 5.62. The van der Waals surface area contributed by atoms with Crippen LogP contribution in [-0.2, 0) is 0 Å². The Morgan fingerprint density at radius 3 is 2.75 bits per heavy atom. The zero-order valence-corrected chi connectivity index (χ0v) is 11.0. The van der Waals surface area contributed by atoms with Gasteiger partial charge < -0.3 is 10.2 Å². The summed E-state index contributed by atoms with van der Waals surface area (Å²) >= 11 is 0. The van der Waals surface area contributed by atoms with Gasteiger partial charge in [-0.15, -0.1) is 0 Å². The van der Waals surface area contributed by atoms with Gasteiger partial charge in [-0.1, -0.05) is 0 Å². The van der Waals surface area contributed by atoms with E-state index in [2.05, 4.69) is 49.1 Å². The molecule has 1 aliphatic rings. The molecule has 1 saturated heterocycles. The highest BCUT2D eigenvalue weighted by atomic mass is 15.3. The van der Waals surface area contributed by atoms with Gasteiger partial charge in [0, 0.05) is 37.8 Å². The number of nitrogens with zero attached hydrogens (tertiary/aromatic N) is 3. The lowest BCUT2D eigenvalue weighted by Crippen LogP contribution is -2.63. The Morgan fingerprint density at radius 2 is 2.19 bits per heavy atom. The lowest BCUT2D eigenvalue weighted by atomic mass is 9.95. The Morgan fingerprint density at radius 1 is 1.50 bits per heavy atom. The molecule has 1 aliphatic heterocycles. The molecule has 0 radical (unpaired) electrons. The second-order valence-corrected chi connectivity index (χ2v) is 5.46. The molecule has 1 fully saturated rings. The summed E-state index contributed by atoms with van der Waals surface area (Å²) in [6, 6.07) is 2.65. The van der Waals surface area contributed by atoms with E-state index in [0.29, 0.717) is 12.5 Å². The highest BCUT2D eigenvalue weighted by Gasteiger charge is 2.35. The molecule has 1 heterocycles. The predicted octanol–water partition coefficient (Wildman–Crippen LogP) is 0.514. The molecule has 0 amide bonds. The molecule has 4 nitrogen and oxygen atoms in total. The fourth-order valence-electron chi connectivity index (χ4n) is 2.33. The third kappa shape index (κ3) is 3.44. The highest BCUT2D eigenvalue weighted by Crippen LogP contribution is 2.21. The first-order valence-electron chi connectivity index (χ1n) is 5.96. The number of hydrogen-bond donors (Lipinski definition) is 1. The van der Waals surface area contributed by atoms with Crippen molar-refractivity contribution < 1.29 is 0 Å². The van der Waals surface area contributed by atoms with Crippen LogP contribution in [-0.4, -0.2) is 61.7 Å². The lowest BCUT2D eigenvalue weighted by molar-refractivity contribution is 0.0338. The molecular formula is C12H24N4. The normalized spacial score (nSPS) is 25.6. The monoisotopic (exact) mass is 224 g/mol. The van der Waals surface area contributed by atoms with Crippen LogP contribution in [0.4, 0.5) is 0 Å². The molecule has 0 bridgehead atoms. The minimum absolute atomic E-state index is 0.149. The summed E-state index contributed by atoms with van der Waals surface area (Å²) in [6.45, 7) is 8.52. The number of likely N-dealkylation sites (N-methyl/N-ethyl adjacent to an activating group) is 1. The maximum Gasteiger partial charge on any atom is 0.0638 e. The Kier molecular flexibility index (Phi) is 4.72. The third-order valence-electron chi connectivity index (χ3n) is 3.27. The van der Waals surface area contributed by atoms with Crippen LogP contribution in [0.1, 0.15) is 20.3 Å². The lowest BCUT2D eigenvalue weighted by Gasteiger charge is -2.48. The number of nitriles is 1. The van der Waals surface area contributed by atoms with E-state index in [-0.39, 0.29) is 5.54 Å². The van der Waals surface area contributed by atoms with E-state index in [1.807, 2.05) is 0 Å². The summed E-state index contributed by atoms with van der Waals surface area (Å²) in [5, 5.41) is 12.3. The van der Waals surface area contributed by atoms with Gasteiger partial charge in [0.2, 0.25) is 0 Å². The largest absolute Gasteiger partial charge is 0.313 e. The zero-order chi connectivity index (χ0) is 12.2. The second-order valence-electron chi connectivity index (χ2n) is 5.46. The molecule has 1 rings (SSSR count). The molecule has 0 aromatic heterocycles. The van der Waals surface area contributed by atoms with Gasteiger partial charge in [-0.25, -0.2) is 0 Å². The first-order chi connectivity index (χ1) is 7.47. The highest BCUT2D eigenvalue weighted by molar-refractivity contribution is 4.97. The fraction of sp³-hybridized carbons (Fsp3) is 0.917. The van der Waals surface area contributed by atoms with Crippen LogP contribution in [0.15, 0.2) is 0 Å². The van der Waals surface area contributed by atoms with Gasteiger partial charge in [0.15, 0.2) is 0 Å². The molecular weight excluding hydrogens is 200 g/mol. The molecule has 0 spiro atoms. The number of nitrogens with one attached hydrogen (secondary N) is 1. The average Bonchev–Trinajstić information content (AvgIpc) is 2.15. The van der Waals surface area contributed by atoms with Crippen LogP contribution in [0.3, 0.4) is 0 Å². The third-order valence-corrected chi connectivity index (χ3v) is 3.27. The van der Waals surface area contributed by atoms with Crippen LogP contribution in [0.2, 0.25) is 0 Å². The molecule has 1 N–H and O–H groups in total. The summed E-state index contributed by atoms with van der Waals surface area (Å²) in [7, 11) is 4.18. The quantitative estimate of drug-likeness (QED) is 0.756. The topological polar surface area (TPSA) is 42.3 Å². The number of rotatable bonds is 4. The Bertz CT molecular complexity index is 254. The van der Waals surface area contributed by atoms with Gasteiger partial charge in [-0.3, -0.25) is 4.90 Å². The predicted molar refractivity (Wildman–Crippen MR) is 66.2 cm³/mol. The maximum atomic E-state index is 8.87. The van der Waals surface area contributed by atoms with Crippen LogP contribution < -0.4 is 5.32 Å². The van der Waals surface area contributed by atoms with Crippen molar-refractivity contribution in [2.75, 3.05) is 40.3 Å². The Balaban J connectivity index is 2.65. The standard InChI is InChI=1S/C12H24N4/c1-12(2)10-14-9-11(5-6-13)16(12)8-7-15(3)4/h11,14H,5,7-10H2,1-4H3. The van der Waals surface area contributed by atoms with Crippen molar-refractivity contribution in [2.24, 2.45) is 0 Å². The van der Waals surface area contributed by atoms with E-state index >= 15 is 0 Å². The van der Waals surface area contributed by atoms with Gasteiger partial charge in [0.05, 0.1) is 12.5 Å². The van der Waals surface area contributed by atoms with Crippen molar-refractivity contribution in [2.45, 2.75) is 31.8 Å². The molecule has 0 aromatic carbocycles. The molecule has 4 heteroatoms. The van der Waals surface area contributed by atoms with Crippen LogP contribution in [0.25, 0.3) is 0 Å². The molecule has 1 atom stereocenters. The molecule has 0 aliphatic carbocycles. The summed E-state index contributed by atoms with van der Waals surface area (Å²) in [5.41, 5.74) is 0.149. The van der Waals surface area contributed by atoms with Crippen molar-refractivity contribution in [3.63, 3.8) is 0 Å². The Labute approximate surface area is 99.2 Å². The van der Waals surface area contributed by atoms with E-state index < -0.39 is 0 Å². The van der Waals surface area contributed by atoms with E-state index in [1.54, 1.807) is 0 Å². The maximum absolute atomic E-state index is 8.87. The Hall–Kier alpha value is -0.630. The molecule has 92 valence electrons. The first kappa shape index (κ1) is 13.4. The van der Waals surface area contributed by atoms with E-state index in [0.717, 1.165) is 26.2 Å². The SMILES string of the molecule is CN(C)CCN1C(CC#N)CNCC1(C)C. The van der Waals surface area contributed by atoms with E-state index in [1.165, 1.54) is 0 Å². The summed E-state index contributed by atoms with van der Waals surface area (Å²) < 4.78 is 0. The van der Waals surface area contributed by atoms with Gasteiger partial charge in [-0.05, 0) is 27.9 Å². The fourth-order valence-corrected chi connectivity index (χ4v) is 2.33. The smallest absolute Gasteiger partial charge is 0.0638 e. The molecule has 16 heavy (non-hydrogen) atoms. The molecule has 0 aromatic rings. The van der Waals surface area contributed by atoms with Gasteiger partial charge in [0.25, 0.3) is 0 Å². The number of hydrogen-bond acceptors (Lipinski definition) is 4. The van der Waals surface area contributed by atoms with Gasteiger partial charge >= 0.3 is 0 Å². The van der Waals surface area contributed by atoms with Crippen molar-refractivity contribution in [3.05, 3.63) is 0 Å². The van der Waals surface area contributed by atoms with E-state index in [9.17, 15) is 0 Å². The minimum Gasteiger partial charge on any atom is -0.313 e. The summed E-state index contributed by atoms with van der Waals surface area (Å²) in [5.74, 6) is 0. The van der Waals surface area contributed by atoms with Gasteiger partial charge in [-0.2, -0.15) is 5.26 Å². The van der Waals surface area contributed by atoms with Crippen molar-refractivity contribution in [3.8, 4) is 6.07 Å².